The molecule has 0 bridgehead atoms. The number of esters is 1. The van der Waals surface area contributed by atoms with Crippen LogP contribution in [0.4, 0.5) is 0 Å². The number of imide groups is 1. The molecule has 0 radical (unpaired) electrons. The smallest absolute Gasteiger partial charge is 0.331 e. The molecule has 1 fully saturated rings. The van der Waals surface area contributed by atoms with Crippen molar-refractivity contribution in [1.29, 1.82) is 0 Å². The van der Waals surface area contributed by atoms with Gasteiger partial charge in [0, 0.05) is 5.02 Å². The number of fused-ring (bicyclic) bond motifs is 1. The molecule has 0 aromatic heterocycles. The Morgan fingerprint density at radius 1 is 1.22 bits per heavy atom. The van der Waals surface area contributed by atoms with Gasteiger partial charge in [-0.15, -0.1) is 0 Å². The third-order valence-electron chi connectivity index (χ3n) is 4.25. The van der Waals surface area contributed by atoms with Crippen molar-refractivity contribution in [2.75, 3.05) is 6.54 Å². The molecule has 0 N–H and O–H groups in total. The van der Waals surface area contributed by atoms with Crippen molar-refractivity contribution in [1.82, 2.24) is 4.90 Å². The van der Waals surface area contributed by atoms with Crippen molar-refractivity contribution >= 4 is 29.4 Å². The van der Waals surface area contributed by atoms with Gasteiger partial charge < -0.3 is 4.74 Å². The number of nitrogens with zero attached hydrogens (tertiary/aromatic N) is 1. The predicted octanol–water partition coefficient (Wildman–Crippen LogP) is 2.51. The van der Waals surface area contributed by atoms with E-state index in [2.05, 4.69) is 0 Å². The summed E-state index contributed by atoms with van der Waals surface area (Å²) in [6.07, 6.45) is 4.92. The molecule has 120 valence electrons. The molecule has 2 amide bonds. The highest BCUT2D eigenvalue weighted by Crippen LogP contribution is 2.35. The number of carbonyl (C=O) groups excluding carboxylic acids is 3. The minimum absolute atomic E-state index is 0.283. The molecule has 2 atom stereocenters. The van der Waals surface area contributed by atoms with Crippen LogP contribution in [0.2, 0.25) is 5.02 Å². The van der Waals surface area contributed by atoms with Crippen LogP contribution in [-0.2, 0) is 14.4 Å². The summed E-state index contributed by atoms with van der Waals surface area (Å²) in [5.74, 6) is -1.50. The van der Waals surface area contributed by atoms with E-state index in [1.807, 2.05) is 12.2 Å². The largest absolute Gasteiger partial charge is 0.425 e. The normalized spacial score (nSPS) is 23.1. The fourth-order valence-corrected chi connectivity index (χ4v) is 3.26. The maximum atomic E-state index is 12.3. The maximum absolute atomic E-state index is 12.3. The van der Waals surface area contributed by atoms with Gasteiger partial charge in [0.25, 0.3) is 0 Å². The van der Waals surface area contributed by atoms with Crippen LogP contribution in [0, 0.1) is 18.8 Å². The number of aryl methyl sites for hydroxylation is 1. The number of rotatable bonds is 3. The summed E-state index contributed by atoms with van der Waals surface area (Å²) < 4.78 is 5.25. The lowest BCUT2D eigenvalue weighted by atomic mass is 9.85. The second-order valence-electron chi connectivity index (χ2n) is 5.80. The lowest BCUT2D eigenvalue weighted by Gasteiger charge is -2.14. The van der Waals surface area contributed by atoms with E-state index in [1.54, 1.807) is 25.1 Å². The van der Waals surface area contributed by atoms with Gasteiger partial charge in [-0.25, -0.2) is 4.79 Å². The van der Waals surface area contributed by atoms with Crippen LogP contribution in [0.15, 0.2) is 30.4 Å². The number of likely N-dealkylation sites (tertiary alicyclic amines) is 1. The van der Waals surface area contributed by atoms with Crippen molar-refractivity contribution in [3.8, 4) is 5.75 Å². The van der Waals surface area contributed by atoms with Crippen LogP contribution in [-0.4, -0.2) is 29.2 Å². The first-order valence-electron chi connectivity index (χ1n) is 7.44. The van der Waals surface area contributed by atoms with Gasteiger partial charge in [-0.05, 0) is 43.5 Å². The van der Waals surface area contributed by atoms with E-state index in [1.165, 1.54) is 0 Å². The van der Waals surface area contributed by atoms with Gasteiger partial charge in [-0.2, -0.15) is 0 Å². The molecular formula is C17H16ClNO4. The standard InChI is InChI=1S/C17H16ClNO4/c1-10-8-11(18)6-7-14(10)23-15(20)9-19-16(21)12-4-2-3-5-13(12)17(19)22/h2-3,6-8,12-13H,4-5,9H2,1H3. The Labute approximate surface area is 138 Å². The average molecular weight is 334 g/mol. The zero-order valence-electron chi connectivity index (χ0n) is 12.6. The second-order valence-corrected chi connectivity index (χ2v) is 6.24. The lowest BCUT2D eigenvalue weighted by molar-refractivity contribution is -0.148. The highest BCUT2D eigenvalue weighted by molar-refractivity contribution is 6.30. The van der Waals surface area contributed by atoms with E-state index in [0.29, 0.717) is 29.2 Å². The molecule has 3 rings (SSSR count). The molecule has 1 aromatic carbocycles. The van der Waals surface area contributed by atoms with Crippen LogP contribution in [0.25, 0.3) is 0 Å². The predicted molar refractivity (Wildman–Crippen MR) is 83.9 cm³/mol. The molecule has 23 heavy (non-hydrogen) atoms. The molecule has 1 saturated heterocycles. The van der Waals surface area contributed by atoms with Crippen molar-refractivity contribution < 1.29 is 19.1 Å². The molecule has 1 heterocycles. The molecule has 5 nitrogen and oxygen atoms in total. The fraction of sp³-hybridized carbons (Fsp3) is 0.353. The summed E-state index contributed by atoms with van der Waals surface area (Å²) in [5.41, 5.74) is 0.711. The Kier molecular flexibility index (Phi) is 4.22. The number of hydrogen-bond acceptors (Lipinski definition) is 4. The van der Waals surface area contributed by atoms with E-state index in [-0.39, 0.29) is 30.2 Å². The van der Waals surface area contributed by atoms with Crippen LogP contribution in [0.1, 0.15) is 18.4 Å². The van der Waals surface area contributed by atoms with Crippen LogP contribution in [0.3, 0.4) is 0 Å². The van der Waals surface area contributed by atoms with Gasteiger partial charge in [0.1, 0.15) is 12.3 Å². The molecular weight excluding hydrogens is 318 g/mol. The zero-order valence-corrected chi connectivity index (χ0v) is 13.4. The minimum atomic E-state index is -0.635. The highest BCUT2D eigenvalue weighted by atomic mass is 35.5. The molecule has 1 aromatic rings. The van der Waals surface area contributed by atoms with Gasteiger partial charge in [-0.3, -0.25) is 14.5 Å². The van der Waals surface area contributed by atoms with Crippen molar-refractivity contribution in [2.45, 2.75) is 19.8 Å². The summed E-state index contributed by atoms with van der Waals surface area (Å²) in [6.45, 7) is 1.41. The average Bonchev–Trinajstić information content (AvgIpc) is 2.76. The molecule has 0 spiro atoms. The fourth-order valence-electron chi connectivity index (χ4n) is 3.04. The van der Waals surface area contributed by atoms with E-state index < -0.39 is 5.97 Å². The van der Waals surface area contributed by atoms with Crippen LogP contribution < -0.4 is 4.74 Å². The number of hydrogen-bond donors (Lipinski definition) is 0. The third-order valence-corrected chi connectivity index (χ3v) is 4.48. The van der Waals surface area contributed by atoms with E-state index in [9.17, 15) is 14.4 Å². The number of halogens is 1. The summed E-state index contributed by atoms with van der Waals surface area (Å²) in [7, 11) is 0. The highest BCUT2D eigenvalue weighted by Gasteiger charge is 2.47. The first kappa shape index (κ1) is 15.7. The molecule has 2 unspecified atom stereocenters. The number of carbonyl (C=O) groups is 3. The van der Waals surface area contributed by atoms with Gasteiger partial charge in [0.05, 0.1) is 11.8 Å². The first-order valence-corrected chi connectivity index (χ1v) is 7.82. The Hall–Kier alpha value is -2.14. The molecule has 1 aliphatic heterocycles. The number of allylic oxidation sites excluding steroid dienone is 2. The van der Waals surface area contributed by atoms with Crippen molar-refractivity contribution in [2.24, 2.45) is 11.8 Å². The topological polar surface area (TPSA) is 63.7 Å². The number of amides is 2. The Bertz CT molecular complexity index is 687. The molecule has 6 heteroatoms. The molecule has 0 saturated carbocycles. The van der Waals surface area contributed by atoms with E-state index >= 15 is 0 Å². The summed E-state index contributed by atoms with van der Waals surface area (Å²) >= 11 is 5.86. The van der Waals surface area contributed by atoms with Gasteiger partial charge in [0.2, 0.25) is 11.8 Å². The van der Waals surface area contributed by atoms with Crippen molar-refractivity contribution in [3.63, 3.8) is 0 Å². The summed E-state index contributed by atoms with van der Waals surface area (Å²) in [4.78, 5) is 37.7. The summed E-state index contributed by atoms with van der Waals surface area (Å²) in [6, 6.07) is 4.88. The Balaban J connectivity index is 1.68. The zero-order chi connectivity index (χ0) is 16.6. The SMILES string of the molecule is Cc1cc(Cl)ccc1OC(=O)CN1C(=O)C2CC=CCC2C1=O. The number of benzene rings is 1. The van der Waals surface area contributed by atoms with Gasteiger partial charge >= 0.3 is 5.97 Å². The van der Waals surface area contributed by atoms with E-state index in [4.69, 9.17) is 16.3 Å². The second kappa shape index (κ2) is 6.16. The first-order chi connectivity index (χ1) is 11.0. The van der Waals surface area contributed by atoms with Gasteiger partial charge in [0.15, 0.2) is 0 Å². The quantitative estimate of drug-likeness (QED) is 0.369. The van der Waals surface area contributed by atoms with Crippen LogP contribution in [0.5, 0.6) is 5.75 Å². The number of ether oxygens (including phenoxy) is 1. The minimum Gasteiger partial charge on any atom is -0.425 e. The van der Waals surface area contributed by atoms with Crippen LogP contribution >= 0.6 is 11.6 Å². The Morgan fingerprint density at radius 3 is 2.39 bits per heavy atom. The van der Waals surface area contributed by atoms with Crippen molar-refractivity contribution in [3.05, 3.63) is 40.9 Å². The Morgan fingerprint density at radius 2 is 1.83 bits per heavy atom. The molecule has 1 aliphatic carbocycles. The summed E-state index contributed by atoms with van der Waals surface area (Å²) in [5, 5.41) is 0.545. The van der Waals surface area contributed by atoms with Gasteiger partial charge in [-0.1, -0.05) is 23.8 Å². The monoisotopic (exact) mass is 333 g/mol. The maximum Gasteiger partial charge on any atom is 0.331 e. The van der Waals surface area contributed by atoms with E-state index in [0.717, 1.165) is 4.90 Å². The molecule has 2 aliphatic rings. The lowest BCUT2D eigenvalue weighted by Crippen LogP contribution is -2.37. The third kappa shape index (κ3) is 3.01.